The molecular weight excluding hydrogens is 256 g/mol. The maximum Gasteiger partial charge on any atom is 0.224 e. The lowest BCUT2D eigenvalue weighted by molar-refractivity contribution is 0.177. The molecule has 6 nitrogen and oxygen atoms in total. The van der Waals surface area contributed by atoms with E-state index in [1.54, 1.807) is 30.3 Å². The van der Waals surface area contributed by atoms with Crippen molar-refractivity contribution in [2.24, 2.45) is 0 Å². The van der Waals surface area contributed by atoms with Crippen LogP contribution in [-0.4, -0.2) is 26.9 Å². The summed E-state index contributed by atoms with van der Waals surface area (Å²) in [7, 11) is 1.57. The molecule has 0 fully saturated rings. The first-order valence-corrected chi connectivity index (χ1v) is 5.81. The lowest BCUT2D eigenvalue weighted by atomic mass is 10.5. The van der Waals surface area contributed by atoms with Crippen LogP contribution in [-0.2, 0) is 17.9 Å². The van der Waals surface area contributed by atoms with Crippen molar-refractivity contribution in [3.05, 3.63) is 29.4 Å². The maximum atomic E-state index is 5.88. The summed E-state index contributed by atoms with van der Waals surface area (Å²) < 4.78 is 12.3. The standard InChI is InChI=1S/C11H13ClN4O2/c1-3-16-6-8(5-13-16)18-11-4-9(12)14-10(15-11)7-17-2/h4-6H,3,7H2,1-2H3. The van der Waals surface area contributed by atoms with Crippen LogP contribution in [0.5, 0.6) is 11.6 Å². The van der Waals surface area contributed by atoms with Gasteiger partial charge >= 0.3 is 0 Å². The van der Waals surface area contributed by atoms with Gasteiger partial charge in [0.15, 0.2) is 11.6 Å². The number of aromatic nitrogens is 4. The second-order valence-electron chi connectivity index (χ2n) is 3.51. The summed E-state index contributed by atoms with van der Waals surface area (Å²) in [5, 5.41) is 4.42. The third kappa shape index (κ3) is 3.18. The van der Waals surface area contributed by atoms with Crippen LogP contribution in [0, 0.1) is 0 Å². The molecular formula is C11H13ClN4O2. The Morgan fingerprint density at radius 3 is 2.89 bits per heavy atom. The van der Waals surface area contributed by atoms with Crippen LogP contribution in [0.4, 0.5) is 0 Å². The van der Waals surface area contributed by atoms with Crippen LogP contribution in [0.3, 0.4) is 0 Å². The number of aryl methyl sites for hydroxylation is 1. The van der Waals surface area contributed by atoms with Gasteiger partial charge in [-0.1, -0.05) is 11.6 Å². The topological polar surface area (TPSA) is 62.1 Å². The highest BCUT2D eigenvalue weighted by Gasteiger charge is 2.06. The fraction of sp³-hybridized carbons (Fsp3) is 0.364. The molecule has 2 aromatic heterocycles. The Morgan fingerprint density at radius 2 is 2.22 bits per heavy atom. The first-order valence-electron chi connectivity index (χ1n) is 5.44. The summed E-state index contributed by atoms with van der Waals surface area (Å²) in [6.45, 7) is 3.06. The largest absolute Gasteiger partial charge is 0.436 e. The van der Waals surface area contributed by atoms with Crippen molar-refractivity contribution in [2.75, 3.05) is 7.11 Å². The smallest absolute Gasteiger partial charge is 0.224 e. The average molecular weight is 269 g/mol. The van der Waals surface area contributed by atoms with E-state index in [9.17, 15) is 0 Å². The maximum absolute atomic E-state index is 5.88. The summed E-state index contributed by atoms with van der Waals surface area (Å²) in [4.78, 5) is 8.19. The Balaban J connectivity index is 2.17. The summed E-state index contributed by atoms with van der Waals surface area (Å²) in [6.07, 6.45) is 3.40. The normalized spacial score (nSPS) is 10.6. The number of ether oxygens (including phenoxy) is 2. The molecule has 2 aromatic rings. The molecule has 0 N–H and O–H groups in total. The van der Waals surface area contributed by atoms with Gasteiger partial charge in [-0.2, -0.15) is 10.1 Å². The minimum Gasteiger partial charge on any atom is -0.436 e. The monoisotopic (exact) mass is 268 g/mol. The zero-order valence-electron chi connectivity index (χ0n) is 10.1. The Morgan fingerprint density at radius 1 is 1.39 bits per heavy atom. The second kappa shape index (κ2) is 5.79. The molecule has 0 aromatic carbocycles. The fourth-order valence-corrected chi connectivity index (χ4v) is 1.57. The second-order valence-corrected chi connectivity index (χ2v) is 3.90. The number of methoxy groups -OCH3 is 1. The van der Waals surface area contributed by atoms with Gasteiger partial charge < -0.3 is 9.47 Å². The zero-order chi connectivity index (χ0) is 13.0. The van der Waals surface area contributed by atoms with Gasteiger partial charge in [0.05, 0.1) is 12.4 Å². The van der Waals surface area contributed by atoms with Crippen LogP contribution < -0.4 is 4.74 Å². The Labute approximate surface area is 110 Å². The molecule has 0 spiro atoms. The van der Waals surface area contributed by atoms with Crippen LogP contribution in [0.25, 0.3) is 0 Å². The number of hydrogen-bond acceptors (Lipinski definition) is 5. The molecule has 0 radical (unpaired) electrons. The van der Waals surface area contributed by atoms with Crippen molar-refractivity contribution in [1.29, 1.82) is 0 Å². The molecule has 18 heavy (non-hydrogen) atoms. The highest BCUT2D eigenvalue weighted by atomic mass is 35.5. The molecule has 0 amide bonds. The van der Waals surface area contributed by atoms with Crippen LogP contribution in [0.1, 0.15) is 12.7 Å². The Kier molecular flexibility index (Phi) is 4.11. The predicted octanol–water partition coefficient (Wildman–Crippen LogP) is 2.29. The first kappa shape index (κ1) is 12.8. The molecule has 7 heteroatoms. The van der Waals surface area contributed by atoms with Gasteiger partial charge in [0.2, 0.25) is 5.88 Å². The van der Waals surface area contributed by atoms with E-state index in [4.69, 9.17) is 21.1 Å². The molecule has 0 saturated heterocycles. The van der Waals surface area contributed by atoms with E-state index in [1.165, 1.54) is 0 Å². The molecule has 0 aliphatic heterocycles. The van der Waals surface area contributed by atoms with Gasteiger partial charge in [-0.15, -0.1) is 0 Å². The van der Waals surface area contributed by atoms with Gasteiger partial charge in [0.1, 0.15) is 11.8 Å². The highest BCUT2D eigenvalue weighted by Crippen LogP contribution is 2.21. The molecule has 0 bridgehead atoms. The van der Waals surface area contributed by atoms with E-state index in [0.717, 1.165) is 6.54 Å². The molecule has 0 aliphatic carbocycles. The van der Waals surface area contributed by atoms with Crippen molar-refractivity contribution in [1.82, 2.24) is 19.7 Å². The number of rotatable bonds is 5. The molecule has 0 atom stereocenters. The van der Waals surface area contributed by atoms with Gasteiger partial charge in [0.25, 0.3) is 0 Å². The van der Waals surface area contributed by atoms with Gasteiger partial charge in [-0.25, -0.2) is 4.98 Å². The quantitative estimate of drug-likeness (QED) is 0.779. The minimum atomic E-state index is 0.283. The van der Waals surface area contributed by atoms with Crippen LogP contribution >= 0.6 is 11.6 Å². The lowest BCUT2D eigenvalue weighted by Gasteiger charge is -2.04. The van der Waals surface area contributed by atoms with Crippen LogP contribution in [0.15, 0.2) is 18.5 Å². The van der Waals surface area contributed by atoms with E-state index >= 15 is 0 Å². The van der Waals surface area contributed by atoms with Crippen molar-refractivity contribution >= 4 is 11.6 Å². The van der Waals surface area contributed by atoms with E-state index in [1.807, 2.05) is 6.92 Å². The van der Waals surface area contributed by atoms with Gasteiger partial charge in [0, 0.05) is 19.7 Å². The van der Waals surface area contributed by atoms with Crippen molar-refractivity contribution < 1.29 is 9.47 Å². The average Bonchev–Trinajstić information content (AvgIpc) is 2.76. The summed E-state index contributed by atoms with van der Waals surface area (Å²) in [5.74, 6) is 1.45. The third-order valence-electron chi connectivity index (χ3n) is 2.15. The first-order chi connectivity index (χ1) is 8.71. The number of hydrogen-bond donors (Lipinski definition) is 0. The van der Waals surface area contributed by atoms with Gasteiger partial charge in [-0.05, 0) is 6.92 Å². The number of nitrogens with zero attached hydrogens (tertiary/aromatic N) is 4. The SMILES string of the molecule is CCn1cc(Oc2cc(Cl)nc(COC)n2)cn1. The molecule has 96 valence electrons. The van der Waals surface area contributed by atoms with Crippen molar-refractivity contribution in [3.8, 4) is 11.6 Å². The molecule has 0 unspecified atom stereocenters. The Hall–Kier alpha value is -1.66. The Bertz CT molecular complexity index is 530. The highest BCUT2D eigenvalue weighted by molar-refractivity contribution is 6.29. The number of halogens is 1. The molecule has 2 heterocycles. The lowest BCUT2D eigenvalue weighted by Crippen LogP contribution is -1.99. The molecule has 2 rings (SSSR count). The zero-order valence-corrected chi connectivity index (χ0v) is 10.9. The van der Waals surface area contributed by atoms with Crippen molar-refractivity contribution in [3.63, 3.8) is 0 Å². The van der Waals surface area contributed by atoms with E-state index in [2.05, 4.69) is 15.1 Å². The van der Waals surface area contributed by atoms with E-state index in [-0.39, 0.29) is 6.61 Å². The minimum absolute atomic E-state index is 0.283. The van der Waals surface area contributed by atoms with E-state index < -0.39 is 0 Å². The molecule has 0 saturated carbocycles. The van der Waals surface area contributed by atoms with Crippen LogP contribution in [0.2, 0.25) is 5.15 Å². The summed E-state index contributed by atoms with van der Waals surface area (Å²) in [5.41, 5.74) is 0. The van der Waals surface area contributed by atoms with Gasteiger partial charge in [-0.3, -0.25) is 4.68 Å². The van der Waals surface area contributed by atoms with Crippen molar-refractivity contribution in [2.45, 2.75) is 20.1 Å². The van der Waals surface area contributed by atoms with E-state index in [0.29, 0.717) is 22.6 Å². The molecule has 0 aliphatic rings. The fourth-order valence-electron chi connectivity index (χ4n) is 1.38. The summed E-state index contributed by atoms with van der Waals surface area (Å²) in [6, 6.07) is 1.55. The predicted molar refractivity (Wildman–Crippen MR) is 65.7 cm³/mol. The third-order valence-corrected chi connectivity index (χ3v) is 2.34. The summed E-state index contributed by atoms with van der Waals surface area (Å²) >= 11 is 5.88.